The number of halogens is 1. The van der Waals surface area contributed by atoms with Crippen molar-refractivity contribution in [2.24, 2.45) is 0 Å². The molecule has 0 radical (unpaired) electrons. The lowest BCUT2D eigenvalue weighted by atomic mass is 10.0. The van der Waals surface area contributed by atoms with Crippen molar-refractivity contribution in [3.05, 3.63) is 95.8 Å². The molecule has 0 aromatic heterocycles. The van der Waals surface area contributed by atoms with Crippen molar-refractivity contribution in [2.75, 3.05) is 39.8 Å². The Morgan fingerprint density at radius 2 is 1.48 bits per heavy atom. The lowest BCUT2D eigenvalue weighted by Crippen LogP contribution is -2.48. The summed E-state index contributed by atoms with van der Waals surface area (Å²) in [5.74, 6) is -0.343. The maximum Gasteiger partial charge on any atom is 0.251 e. The SMILES string of the molecule is CN1CCN([C@H](CNC(=O)c2ccc(-c3ccccc3)cc2)c2ccc(F)cc2)CC1. The van der Waals surface area contributed by atoms with E-state index in [1.807, 2.05) is 54.6 Å². The molecule has 1 saturated heterocycles. The number of hydrogen-bond donors (Lipinski definition) is 1. The second-order valence-electron chi connectivity index (χ2n) is 8.06. The van der Waals surface area contributed by atoms with Crippen LogP contribution in [0, 0.1) is 5.82 Å². The Hall–Kier alpha value is -3.02. The van der Waals surface area contributed by atoms with Gasteiger partial charge in [-0.2, -0.15) is 0 Å². The Kier molecular flexibility index (Phi) is 6.75. The molecule has 4 nitrogen and oxygen atoms in total. The van der Waals surface area contributed by atoms with Crippen molar-refractivity contribution in [1.82, 2.24) is 15.1 Å². The minimum Gasteiger partial charge on any atom is -0.350 e. The molecular weight excluding hydrogens is 389 g/mol. The molecule has 1 amide bonds. The van der Waals surface area contributed by atoms with Crippen molar-refractivity contribution in [1.29, 1.82) is 0 Å². The van der Waals surface area contributed by atoms with E-state index in [-0.39, 0.29) is 17.8 Å². The summed E-state index contributed by atoms with van der Waals surface area (Å²) in [4.78, 5) is 17.5. The van der Waals surface area contributed by atoms with E-state index in [1.54, 1.807) is 0 Å². The van der Waals surface area contributed by atoms with Gasteiger partial charge in [0, 0.05) is 38.3 Å². The van der Waals surface area contributed by atoms with E-state index in [4.69, 9.17) is 0 Å². The average molecular weight is 418 g/mol. The molecule has 3 aromatic rings. The van der Waals surface area contributed by atoms with Gasteiger partial charge in [-0.15, -0.1) is 0 Å². The first-order valence-corrected chi connectivity index (χ1v) is 10.7. The maximum atomic E-state index is 13.4. The summed E-state index contributed by atoms with van der Waals surface area (Å²) >= 11 is 0. The Labute approximate surface area is 183 Å². The van der Waals surface area contributed by atoms with E-state index >= 15 is 0 Å². The molecule has 1 heterocycles. The molecule has 0 unspecified atom stereocenters. The molecule has 0 bridgehead atoms. The summed E-state index contributed by atoms with van der Waals surface area (Å²) in [7, 11) is 2.12. The summed E-state index contributed by atoms with van der Waals surface area (Å²) < 4.78 is 13.4. The Morgan fingerprint density at radius 3 is 2.13 bits per heavy atom. The third-order valence-electron chi connectivity index (χ3n) is 5.94. The molecule has 160 valence electrons. The lowest BCUT2D eigenvalue weighted by molar-refractivity contribution is 0.0886. The molecule has 5 heteroatoms. The maximum absolute atomic E-state index is 13.4. The molecule has 1 N–H and O–H groups in total. The van der Waals surface area contributed by atoms with Crippen LogP contribution in [0.15, 0.2) is 78.9 Å². The smallest absolute Gasteiger partial charge is 0.251 e. The fourth-order valence-electron chi connectivity index (χ4n) is 4.01. The summed E-state index contributed by atoms with van der Waals surface area (Å²) in [6.07, 6.45) is 0. The van der Waals surface area contributed by atoms with Crippen molar-refractivity contribution in [3.8, 4) is 11.1 Å². The van der Waals surface area contributed by atoms with E-state index in [2.05, 4.69) is 34.3 Å². The van der Waals surface area contributed by atoms with E-state index in [0.717, 1.165) is 42.9 Å². The second-order valence-corrected chi connectivity index (χ2v) is 8.06. The molecule has 0 saturated carbocycles. The third kappa shape index (κ3) is 5.37. The van der Waals surface area contributed by atoms with Crippen molar-refractivity contribution >= 4 is 5.91 Å². The normalized spacial score (nSPS) is 16.1. The first kappa shape index (κ1) is 21.2. The van der Waals surface area contributed by atoms with E-state index < -0.39 is 0 Å². The van der Waals surface area contributed by atoms with Crippen LogP contribution in [0.1, 0.15) is 22.0 Å². The highest BCUT2D eigenvalue weighted by Crippen LogP contribution is 2.23. The van der Waals surface area contributed by atoms with Gasteiger partial charge in [0.25, 0.3) is 5.91 Å². The van der Waals surface area contributed by atoms with E-state index in [1.165, 1.54) is 12.1 Å². The van der Waals surface area contributed by atoms with E-state index in [0.29, 0.717) is 12.1 Å². The summed E-state index contributed by atoms with van der Waals surface area (Å²) in [5, 5.41) is 3.09. The first-order valence-electron chi connectivity index (χ1n) is 10.7. The first-order chi connectivity index (χ1) is 15.1. The number of benzene rings is 3. The standard InChI is InChI=1S/C26H28FN3O/c1-29-15-17-30(18-16-29)25(22-11-13-24(27)14-12-22)19-28-26(31)23-9-7-21(8-10-23)20-5-3-2-4-6-20/h2-14,25H,15-19H2,1H3,(H,28,31)/t25-/m1/s1. The number of piperazine rings is 1. The van der Waals surface area contributed by atoms with Gasteiger partial charge in [-0.25, -0.2) is 4.39 Å². The van der Waals surface area contributed by atoms with Gasteiger partial charge < -0.3 is 10.2 Å². The molecular formula is C26H28FN3O. The lowest BCUT2D eigenvalue weighted by Gasteiger charge is -2.38. The van der Waals surface area contributed by atoms with Gasteiger partial charge >= 0.3 is 0 Å². The van der Waals surface area contributed by atoms with Crippen LogP contribution in [0.2, 0.25) is 0 Å². The summed E-state index contributed by atoms with van der Waals surface area (Å²) in [6.45, 7) is 4.27. The monoisotopic (exact) mass is 417 g/mol. The minimum atomic E-state index is -0.247. The fraction of sp³-hybridized carbons (Fsp3) is 0.269. The highest BCUT2D eigenvalue weighted by Gasteiger charge is 2.24. The van der Waals surface area contributed by atoms with Gasteiger partial charge in [0.05, 0.1) is 6.04 Å². The van der Waals surface area contributed by atoms with Crippen LogP contribution < -0.4 is 5.32 Å². The number of rotatable bonds is 6. The summed E-state index contributed by atoms with van der Waals surface area (Å²) in [6, 6.07) is 24.4. The number of nitrogens with one attached hydrogen (secondary N) is 1. The van der Waals surface area contributed by atoms with Crippen LogP contribution in [0.3, 0.4) is 0 Å². The molecule has 0 aliphatic carbocycles. The molecule has 1 aliphatic rings. The Bertz CT molecular complexity index is 981. The second kappa shape index (κ2) is 9.86. The number of nitrogens with zero attached hydrogens (tertiary/aromatic N) is 2. The molecule has 4 rings (SSSR count). The van der Waals surface area contributed by atoms with Gasteiger partial charge in [0.2, 0.25) is 0 Å². The van der Waals surface area contributed by atoms with Gasteiger partial charge in [0.1, 0.15) is 5.82 Å². The van der Waals surface area contributed by atoms with Gasteiger partial charge in [-0.3, -0.25) is 9.69 Å². The van der Waals surface area contributed by atoms with Crippen LogP contribution >= 0.6 is 0 Å². The molecule has 1 atom stereocenters. The van der Waals surface area contributed by atoms with Crippen LogP contribution in [0.5, 0.6) is 0 Å². The topological polar surface area (TPSA) is 35.6 Å². The van der Waals surface area contributed by atoms with Crippen molar-refractivity contribution < 1.29 is 9.18 Å². The zero-order chi connectivity index (χ0) is 21.6. The quantitative estimate of drug-likeness (QED) is 0.653. The highest BCUT2D eigenvalue weighted by atomic mass is 19.1. The highest BCUT2D eigenvalue weighted by molar-refractivity contribution is 5.94. The molecule has 31 heavy (non-hydrogen) atoms. The van der Waals surface area contributed by atoms with E-state index in [9.17, 15) is 9.18 Å². The molecule has 0 spiro atoms. The number of carbonyl (C=O) groups excluding carboxylic acids is 1. The molecule has 1 aliphatic heterocycles. The van der Waals surface area contributed by atoms with Gasteiger partial charge in [0.15, 0.2) is 0 Å². The Balaban J connectivity index is 1.44. The predicted molar refractivity (Wildman–Crippen MR) is 122 cm³/mol. The largest absolute Gasteiger partial charge is 0.350 e. The number of hydrogen-bond acceptors (Lipinski definition) is 3. The Morgan fingerprint density at radius 1 is 0.871 bits per heavy atom. The van der Waals surface area contributed by atoms with Crippen LogP contribution in [-0.4, -0.2) is 55.5 Å². The summed E-state index contributed by atoms with van der Waals surface area (Å²) in [5.41, 5.74) is 3.86. The number of carbonyl (C=O) groups is 1. The number of amides is 1. The van der Waals surface area contributed by atoms with Crippen LogP contribution in [0.4, 0.5) is 4.39 Å². The average Bonchev–Trinajstić information content (AvgIpc) is 2.82. The molecule has 3 aromatic carbocycles. The van der Waals surface area contributed by atoms with Gasteiger partial charge in [-0.1, -0.05) is 54.6 Å². The molecule has 1 fully saturated rings. The third-order valence-corrected chi connectivity index (χ3v) is 5.94. The zero-order valence-corrected chi connectivity index (χ0v) is 17.8. The fourth-order valence-corrected chi connectivity index (χ4v) is 4.01. The van der Waals surface area contributed by atoms with Crippen LogP contribution in [0.25, 0.3) is 11.1 Å². The predicted octanol–water partition coefficient (Wildman–Crippen LogP) is 4.21. The van der Waals surface area contributed by atoms with Gasteiger partial charge in [-0.05, 0) is 48.0 Å². The zero-order valence-electron chi connectivity index (χ0n) is 17.8. The van der Waals surface area contributed by atoms with Crippen molar-refractivity contribution in [3.63, 3.8) is 0 Å². The van der Waals surface area contributed by atoms with Crippen LogP contribution in [-0.2, 0) is 0 Å². The minimum absolute atomic E-state index is 0.0156. The van der Waals surface area contributed by atoms with Crippen molar-refractivity contribution in [2.45, 2.75) is 6.04 Å². The number of likely N-dealkylation sites (N-methyl/N-ethyl adjacent to an activating group) is 1.